The van der Waals surface area contributed by atoms with Crippen molar-refractivity contribution in [1.82, 2.24) is 4.90 Å². The lowest BCUT2D eigenvalue weighted by Gasteiger charge is -2.24. The van der Waals surface area contributed by atoms with Crippen molar-refractivity contribution in [1.29, 1.82) is 0 Å². The summed E-state index contributed by atoms with van der Waals surface area (Å²) in [4.78, 5) is 2.39. The van der Waals surface area contributed by atoms with Crippen LogP contribution >= 0.6 is 0 Å². The number of aryl methyl sites for hydroxylation is 1. The number of benzene rings is 2. The predicted molar refractivity (Wildman–Crippen MR) is 170 cm³/mol. The number of phenolic OH excluding ortho intramolecular Hbond substituents is 1. The van der Waals surface area contributed by atoms with E-state index in [9.17, 15) is 39.9 Å². The number of halogens is 6. The molecule has 2 aromatic carbocycles. The fourth-order valence-corrected chi connectivity index (χ4v) is 8.28. The molecule has 0 amide bonds. The first-order valence-corrected chi connectivity index (χ1v) is 18.3. The number of sulfone groups is 1. The molecule has 0 spiro atoms. The van der Waals surface area contributed by atoms with Crippen LogP contribution in [0.1, 0.15) is 100 Å². The van der Waals surface area contributed by atoms with Gasteiger partial charge >= 0.3 is 12.1 Å². The first-order valence-electron chi connectivity index (χ1n) is 16.4. The molecule has 2 aliphatic rings. The largest absolute Gasteiger partial charge is 0.508 e. The summed E-state index contributed by atoms with van der Waals surface area (Å²) in [6.45, 7) is 1.86. The average molecular weight is 674 g/mol. The van der Waals surface area contributed by atoms with Crippen LogP contribution in [0, 0.1) is 5.82 Å². The molecule has 46 heavy (non-hydrogen) atoms. The fraction of sp³-hybridized carbons (Fsp3) is 0.600. The summed E-state index contributed by atoms with van der Waals surface area (Å²) in [6.07, 6.45) is 2.82. The lowest BCUT2D eigenvalue weighted by molar-refractivity contribution is -0.284. The zero-order valence-corrected chi connectivity index (χ0v) is 27.1. The van der Waals surface area contributed by atoms with Crippen LogP contribution in [0.5, 0.6) is 5.75 Å². The molecule has 4 rings (SSSR count). The van der Waals surface area contributed by atoms with E-state index in [0.717, 1.165) is 94.0 Å². The molecule has 1 fully saturated rings. The maximum atomic E-state index is 13.7. The molecule has 1 N–H and O–H groups in total. The van der Waals surface area contributed by atoms with E-state index >= 15 is 0 Å². The Hall–Kier alpha value is -2.53. The molecule has 1 saturated heterocycles. The smallest absolute Gasteiger partial charge is 0.453 e. The molecule has 0 bridgehead atoms. The highest BCUT2D eigenvalue weighted by atomic mass is 32.2. The van der Waals surface area contributed by atoms with Crippen molar-refractivity contribution in [2.24, 2.45) is 0 Å². The van der Waals surface area contributed by atoms with Gasteiger partial charge in [-0.3, -0.25) is 0 Å². The van der Waals surface area contributed by atoms with Gasteiger partial charge < -0.3 is 10.0 Å². The minimum absolute atomic E-state index is 0.201. The molecule has 0 unspecified atom stereocenters. The van der Waals surface area contributed by atoms with Gasteiger partial charge in [-0.1, -0.05) is 31.0 Å². The number of allylic oxidation sites excluding steroid dienone is 2. The Kier molecular flexibility index (Phi) is 12.7. The number of aromatic hydroxyl groups is 1. The average Bonchev–Trinajstić information content (AvgIpc) is 3.34. The number of hydrogen-bond donors (Lipinski definition) is 1. The summed E-state index contributed by atoms with van der Waals surface area (Å²) in [5.41, 5.74) is 5.85. The first kappa shape index (κ1) is 36.3. The van der Waals surface area contributed by atoms with E-state index in [0.29, 0.717) is 12.8 Å². The molecule has 2 aromatic rings. The summed E-state index contributed by atoms with van der Waals surface area (Å²) < 4.78 is 101. The zero-order valence-electron chi connectivity index (χ0n) is 26.2. The van der Waals surface area contributed by atoms with Crippen LogP contribution in [0.4, 0.5) is 26.3 Å². The van der Waals surface area contributed by atoms with Crippen LogP contribution < -0.4 is 0 Å². The van der Waals surface area contributed by atoms with Crippen molar-refractivity contribution >= 4 is 21.0 Å². The van der Waals surface area contributed by atoms with Crippen LogP contribution in [0.25, 0.3) is 11.1 Å². The van der Waals surface area contributed by atoms with Crippen molar-refractivity contribution in [3.63, 3.8) is 0 Å². The standard InChI is InChI=1S/C35H45F6NO3S/c36-28-16-14-26(15-17-28)31-13-5-9-27-25-30(43)18-19-32(27)33(31)12-3-1-2-4-21-42-22-6-10-29(42)11-7-23-46(44,45)24-8-20-34(37,38)35(39,40)41/h14-19,25,29,43H,1-13,20-24H2/t29-/m0/s1. The normalized spacial score (nSPS) is 18.2. The van der Waals surface area contributed by atoms with Crippen molar-refractivity contribution in [3.8, 4) is 5.75 Å². The Balaban J connectivity index is 1.22. The molecule has 0 saturated carbocycles. The highest BCUT2D eigenvalue weighted by Crippen LogP contribution is 2.40. The van der Waals surface area contributed by atoms with Crippen LogP contribution in [0.15, 0.2) is 42.5 Å². The van der Waals surface area contributed by atoms with Gasteiger partial charge in [-0.2, -0.15) is 22.0 Å². The number of phenols is 1. The van der Waals surface area contributed by atoms with Gasteiger partial charge in [0.05, 0.1) is 11.5 Å². The number of unbranched alkanes of at least 4 members (excludes halogenated alkanes) is 3. The molecular weight excluding hydrogens is 628 g/mol. The van der Waals surface area contributed by atoms with Gasteiger partial charge in [-0.15, -0.1) is 0 Å². The zero-order chi connectivity index (χ0) is 33.4. The van der Waals surface area contributed by atoms with E-state index in [4.69, 9.17) is 0 Å². The van der Waals surface area contributed by atoms with Crippen molar-refractivity contribution in [2.45, 2.75) is 108 Å². The van der Waals surface area contributed by atoms with Crippen LogP contribution in [0.3, 0.4) is 0 Å². The summed E-state index contributed by atoms with van der Waals surface area (Å²) in [5.74, 6) is -5.74. The van der Waals surface area contributed by atoms with E-state index in [-0.39, 0.29) is 23.4 Å². The molecule has 1 aliphatic carbocycles. The van der Waals surface area contributed by atoms with Crippen molar-refractivity contribution in [2.75, 3.05) is 24.6 Å². The Morgan fingerprint density at radius 1 is 0.848 bits per heavy atom. The predicted octanol–water partition coefficient (Wildman–Crippen LogP) is 9.37. The number of fused-ring (bicyclic) bond motifs is 1. The SMILES string of the molecule is O=S(=O)(CCC[C@@H]1CCCN1CCCCCCC1=C(c2ccc(F)cc2)CCCc2cc(O)ccc21)CCCC(F)(F)C(F)(F)F. The third kappa shape index (κ3) is 10.2. The molecule has 1 heterocycles. The summed E-state index contributed by atoms with van der Waals surface area (Å²) in [6, 6.07) is 12.5. The molecule has 11 heteroatoms. The number of hydrogen-bond acceptors (Lipinski definition) is 4. The van der Waals surface area contributed by atoms with Gasteiger partial charge in [0.25, 0.3) is 0 Å². The second-order valence-corrected chi connectivity index (χ2v) is 15.1. The maximum Gasteiger partial charge on any atom is 0.453 e. The van der Waals surface area contributed by atoms with Gasteiger partial charge in [0.15, 0.2) is 0 Å². The van der Waals surface area contributed by atoms with Gasteiger partial charge in [-0.05, 0) is 136 Å². The highest BCUT2D eigenvalue weighted by Gasteiger charge is 2.56. The Bertz CT molecular complexity index is 1420. The van der Waals surface area contributed by atoms with Gasteiger partial charge in [0.1, 0.15) is 21.4 Å². The monoisotopic (exact) mass is 673 g/mol. The lowest BCUT2D eigenvalue weighted by Crippen LogP contribution is -2.36. The molecule has 0 radical (unpaired) electrons. The maximum absolute atomic E-state index is 13.7. The van der Waals surface area contributed by atoms with Crippen LogP contribution in [-0.2, 0) is 16.3 Å². The molecule has 256 valence electrons. The Morgan fingerprint density at radius 3 is 2.30 bits per heavy atom. The van der Waals surface area contributed by atoms with Crippen molar-refractivity contribution < 1.29 is 39.9 Å². The lowest BCUT2D eigenvalue weighted by atomic mass is 9.89. The minimum Gasteiger partial charge on any atom is -0.508 e. The van der Waals surface area contributed by atoms with Gasteiger partial charge in [0.2, 0.25) is 0 Å². The summed E-state index contributed by atoms with van der Waals surface area (Å²) in [5, 5.41) is 10.1. The molecule has 1 aliphatic heterocycles. The van der Waals surface area contributed by atoms with Crippen LogP contribution in [0.2, 0.25) is 0 Å². The second kappa shape index (κ2) is 16.0. The van der Waals surface area contributed by atoms with Gasteiger partial charge in [0, 0.05) is 12.5 Å². The van der Waals surface area contributed by atoms with Crippen LogP contribution in [-0.4, -0.2) is 61.2 Å². The van der Waals surface area contributed by atoms with E-state index < -0.39 is 40.5 Å². The summed E-state index contributed by atoms with van der Waals surface area (Å²) in [7, 11) is -3.69. The topological polar surface area (TPSA) is 57.6 Å². The van der Waals surface area contributed by atoms with Gasteiger partial charge in [-0.25, -0.2) is 12.8 Å². The van der Waals surface area contributed by atoms with E-state index in [1.807, 2.05) is 24.3 Å². The number of alkyl halides is 5. The third-order valence-corrected chi connectivity index (χ3v) is 11.1. The number of rotatable bonds is 16. The van der Waals surface area contributed by atoms with E-state index in [1.165, 1.54) is 23.3 Å². The first-order chi connectivity index (χ1) is 21.8. The Morgan fingerprint density at radius 2 is 1.57 bits per heavy atom. The van der Waals surface area contributed by atoms with E-state index in [1.54, 1.807) is 6.07 Å². The molecular formula is C35H45F6NO3S. The molecule has 0 aromatic heterocycles. The fourth-order valence-electron chi connectivity index (χ4n) is 6.89. The third-order valence-electron chi connectivity index (χ3n) is 9.32. The Labute approximate surface area is 268 Å². The van der Waals surface area contributed by atoms with Crippen molar-refractivity contribution in [3.05, 3.63) is 65.0 Å². The second-order valence-electron chi connectivity index (χ2n) is 12.8. The highest BCUT2D eigenvalue weighted by molar-refractivity contribution is 7.91. The quantitative estimate of drug-likeness (QED) is 0.143. The van der Waals surface area contributed by atoms with E-state index in [2.05, 4.69) is 4.90 Å². The number of likely N-dealkylation sites (tertiary alicyclic amines) is 1. The minimum atomic E-state index is -5.67. The number of nitrogens with zero attached hydrogens (tertiary/aromatic N) is 1. The molecule has 1 atom stereocenters. The molecule has 4 nitrogen and oxygen atoms in total. The summed E-state index contributed by atoms with van der Waals surface area (Å²) >= 11 is 0.